The molecule has 3 aliphatic rings. The van der Waals surface area contributed by atoms with Crippen molar-refractivity contribution in [3.63, 3.8) is 0 Å². The normalized spacial score (nSPS) is 27.1. The van der Waals surface area contributed by atoms with Gasteiger partial charge in [0.05, 0.1) is 24.3 Å². The molecule has 1 saturated heterocycles. The number of ketones is 3. The van der Waals surface area contributed by atoms with Crippen molar-refractivity contribution in [1.29, 1.82) is 0 Å². The summed E-state index contributed by atoms with van der Waals surface area (Å²) < 4.78 is 32.7. The highest BCUT2D eigenvalue weighted by Crippen LogP contribution is 2.52. The van der Waals surface area contributed by atoms with Gasteiger partial charge in [-0.1, -0.05) is 24.3 Å². The summed E-state index contributed by atoms with van der Waals surface area (Å²) in [6, 6.07) is 5.72. The molecule has 0 saturated carbocycles. The number of carbonyl (C=O) groups is 7. The number of esters is 4. The van der Waals surface area contributed by atoms with Crippen LogP contribution in [0.1, 0.15) is 83.2 Å². The summed E-state index contributed by atoms with van der Waals surface area (Å²) in [4.78, 5) is 89.4. The summed E-state index contributed by atoms with van der Waals surface area (Å²) in [5, 5.41) is 34.7. The van der Waals surface area contributed by atoms with E-state index >= 15 is 0 Å². The summed E-state index contributed by atoms with van der Waals surface area (Å²) in [6.07, 6.45) is -12.1. The summed E-state index contributed by atoms with van der Waals surface area (Å²) in [7, 11) is 0.982. The van der Waals surface area contributed by atoms with Crippen LogP contribution in [-0.4, -0.2) is 100.0 Å². The second-order valence-electron chi connectivity index (χ2n) is 11.8. The van der Waals surface area contributed by atoms with E-state index in [9.17, 15) is 48.9 Å². The number of carbonyl (C=O) groups excluding carboxylic acids is 7. The van der Waals surface area contributed by atoms with E-state index in [4.69, 9.17) is 28.4 Å². The topological polar surface area (TPSA) is 236 Å². The van der Waals surface area contributed by atoms with Gasteiger partial charge in [0, 0.05) is 55.9 Å². The Bertz CT molecular complexity index is 1790. The Labute approximate surface area is 277 Å². The molecule has 1 aliphatic heterocycles. The number of rotatable bonds is 7. The molecule has 0 bridgehead atoms. The van der Waals surface area contributed by atoms with Crippen molar-refractivity contribution in [3.05, 3.63) is 57.6 Å². The van der Waals surface area contributed by atoms with Gasteiger partial charge in [0.1, 0.15) is 17.1 Å². The minimum absolute atomic E-state index is 0.0485. The Morgan fingerprint density at radius 3 is 1.82 bits per heavy atom. The number of hydrogen-bond acceptors (Lipinski definition) is 16. The van der Waals surface area contributed by atoms with Crippen LogP contribution < -0.4 is 0 Å². The lowest BCUT2D eigenvalue weighted by atomic mass is 9.72. The predicted octanol–water partition coefficient (Wildman–Crippen LogP) is 0.890. The van der Waals surface area contributed by atoms with Crippen LogP contribution in [0, 0.1) is 0 Å². The second kappa shape index (κ2) is 13.0. The van der Waals surface area contributed by atoms with Gasteiger partial charge in [-0.15, -0.1) is 0 Å². The maximum absolute atomic E-state index is 13.6. The number of ether oxygens (including phenoxy) is 6. The van der Waals surface area contributed by atoms with Crippen LogP contribution >= 0.6 is 0 Å². The van der Waals surface area contributed by atoms with Crippen molar-refractivity contribution >= 4 is 41.2 Å². The van der Waals surface area contributed by atoms with Crippen molar-refractivity contribution in [1.82, 2.24) is 0 Å². The minimum atomic E-state index is -2.29. The zero-order chi connectivity index (χ0) is 36.1. The van der Waals surface area contributed by atoms with Crippen LogP contribution in [0.15, 0.2) is 24.3 Å². The first kappa shape index (κ1) is 35.1. The largest absolute Gasteiger partial charge is 0.507 e. The maximum atomic E-state index is 13.6. The molecule has 2 aliphatic carbocycles. The van der Waals surface area contributed by atoms with E-state index in [1.54, 1.807) is 0 Å². The molecular weight excluding hydrogens is 652 g/mol. The zero-order valence-corrected chi connectivity index (χ0v) is 26.8. The van der Waals surface area contributed by atoms with Gasteiger partial charge in [-0.05, 0) is 6.92 Å². The third-order valence-electron chi connectivity index (χ3n) is 8.56. The smallest absolute Gasteiger partial charge is 0.339 e. The Hall–Kier alpha value is -5.19. The van der Waals surface area contributed by atoms with Gasteiger partial charge in [0.25, 0.3) is 0 Å². The number of methoxy groups -OCH3 is 1. The molecule has 0 radical (unpaired) electrons. The maximum Gasteiger partial charge on any atom is 0.339 e. The SMILES string of the molecule is COC(=O)[C@H]1O[C@@H](O[C@H]2C[C@](O)(C(C)=O)Cc3c(O)c4c(c(O)c32)C(=O)c2ccccc2C4=O)[C@H](OC(C)=O)[C@@H](OC(C)=O)[C@@H]1OC(C)=O. The highest BCUT2D eigenvalue weighted by Gasteiger charge is 2.57. The third-order valence-corrected chi connectivity index (χ3v) is 8.56. The van der Waals surface area contributed by atoms with E-state index in [2.05, 4.69) is 0 Å². The molecule has 0 spiro atoms. The second-order valence-corrected chi connectivity index (χ2v) is 11.8. The van der Waals surface area contributed by atoms with Crippen molar-refractivity contribution in [3.8, 4) is 11.5 Å². The molecule has 16 heteroatoms. The summed E-state index contributed by atoms with van der Waals surface area (Å²) in [5.41, 5.74) is -4.16. The molecule has 0 aromatic heterocycles. The van der Waals surface area contributed by atoms with Gasteiger partial charge >= 0.3 is 23.9 Å². The fourth-order valence-corrected chi connectivity index (χ4v) is 6.42. The first-order valence-corrected chi connectivity index (χ1v) is 14.9. The fraction of sp³-hybridized carbons (Fsp3) is 0.424. The number of benzene rings is 2. The van der Waals surface area contributed by atoms with Gasteiger partial charge in [-0.2, -0.15) is 0 Å². The lowest BCUT2D eigenvalue weighted by molar-refractivity contribution is -0.314. The van der Waals surface area contributed by atoms with E-state index in [0.29, 0.717) is 0 Å². The summed E-state index contributed by atoms with van der Waals surface area (Å²) >= 11 is 0. The molecule has 1 heterocycles. The average molecular weight is 685 g/mol. The molecule has 49 heavy (non-hydrogen) atoms. The molecule has 16 nitrogen and oxygen atoms in total. The van der Waals surface area contributed by atoms with Crippen molar-refractivity contribution in [2.24, 2.45) is 0 Å². The van der Waals surface area contributed by atoms with Crippen molar-refractivity contribution in [2.45, 2.75) is 82.9 Å². The van der Waals surface area contributed by atoms with Crippen LogP contribution in [0.3, 0.4) is 0 Å². The van der Waals surface area contributed by atoms with Gasteiger partial charge in [-0.25, -0.2) is 4.79 Å². The molecule has 3 N–H and O–H groups in total. The monoisotopic (exact) mass is 684 g/mol. The number of phenols is 2. The molecule has 5 rings (SSSR count). The zero-order valence-electron chi connectivity index (χ0n) is 26.8. The molecule has 0 amide bonds. The Balaban J connectivity index is 1.69. The molecular formula is C33H32O16. The Kier molecular flexibility index (Phi) is 9.33. The highest BCUT2D eigenvalue weighted by molar-refractivity contribution is 6.30. The molecule has 7 atom stereocenters. The Morgan fingerprint density at radius 1 is 0.796 bits per heavy atom. The number of aliphatic hydroxyl groups is 1. The lowest BCUT2D eigenvalue weighted by Gasteiger charge is -2.45. The number of fused-ring (bicyclic) bond motifs is 3. The van der Waals surface area contributed by atoms with Crippen molar-refractivity contribution in [2.75, 3.05) is 7.11 Å². The van der Waals surface area contributed by atoms with Gasteiger partial charge in [0.2, 0.25) is 6.29 Å². The van der Waals surface area contributed by atoms with Gasteiger partial charge in [0.15, 0.2) is 41.8 Å². The third kappa shape index (κ3) is 6.13. The Morgan fingerprint density at radius 2 is 1.31 bits per heavy atom. The van der Waals surface area contributed by atoms with E-state index in [1.165, 1.54) is 24.3 Å². The molecule has 2 aromatic rings. The van der Waals surface area contributed by atoms with E-state index in [0.717, 1.165) is 34.8 Å². The number of phenolic OH excluding ortho intramolecular Hbond substituents is 2. The lowest BCUT2D eigenvalue weighted by Crippen LogP contribution is -2.64. The van der Waals surface area contributed by atoms with Crippen LogP contribution in [0.25, 0.3) is 0 Å². The summed E-state index contributed by atoms with van der Waals surface area (Å²) in [5.74, 6) is -8.06. The average Bonchev–Trinajstić information content (AvgIpc) is 3.02. The minimum Gasteiger partial charge on any atom is -0.507 e. The molecule has 0 unspecified atom stereocenters. The van der Waals surface area contributed by atoms with E-state index in [1.807, 2.05) is 0 Å². The summed E-state index contributed by atoms with van der Waals surface area (Å²) in [6.45, 7) is 4.01. The fourth-order valence-electron chi connectivity index (χ4n) is 6.42. The first-order valence-electron chi connectivity index (χ1n) is 14.9. The number of Topliss-reactive ketones (excluding diaryl/α,β-unsaturated/α-hetero) is 1. The first-order chi connectivity index (χ1) is 23.0. The highest BCUT2D eigenvalue weighted by atomic mass is 16.7. The number of hydrogen-bond donors (Lipinski definition) is 3. The van der Waals surface area contributed by atoms with E-state index in [-0.39, 0.29) is 22.3 Å². The number of aromatic hydroxyl groups is 2. The van der Waals surface area contributed by atoms with Crippen molar-refractivity contribution < 1.29 is 77.3 Å². The van der Waals surface area contributed by atoms with E-state index < -0.39 is 119 Å². The van der Waals surface area contributed by atoms with Crippen LogP contribution in [0.2, 0.25) is 0 Å². The standard InChI is InChI=1S/C33H32O16/c1-12(34)33(43)10-18-20(26(41)22-21(25(18)40)23(38)16-8-6-7-9-17(16)24(22)39)19(11-33)48-32-30(47-15(4)37)28(46-14(3)36)27(45-13(2)35)29(49-32)31(42)44-5/h6-9,19,27-30,32,40-41,43H,10-11H2,1-5H3/t19-,27-,28-,29-,30+,32+,33-/m0/s1. The van der Waals surface area contributed by atoms with Crippen LogP contribution in [0.4, 0.5) is 0 Å². The van der Waals surface area contributed by atoms with Crippen LogP contribution in [0.5, 0.6) is 11.5 Å². The molecule has 2 aromatic carbocycles. The molecule has 260 valence electrons. The van der Waals surface area contributed by atoms with Gasteiger partial charge in [-0.3, -0.25) is 28.8 Å². The van der Waals surface area contributed by atoms with Crippen LogP contribution in [-0.2, 0) is 58.8 Å². The molecule has 1 fully saturated rings. The predicted molar refractivity (Wildman–Crippen MR) is 158 cm³/mol. The van der Waals surface area contributed by atoms with Gasteiger partial charge < -0.3 is 43.7 Å². The quantitative estimate of drug-likeness (QED) is 0.178.